The van der Waals surface area contributed by atoms with Gasteiger partial charge in [-0.15, -0.1) is 24.0 Å². The Kier molecular flexibility index (Phi) is 11.9. The van der Waals surface area contributed by atoms with Gasteiger partial charge >= 0.3 is 6.09 Å². The SMILES string of the molecule is CCNC(=NCCCc1ccccc1)NC1CCN(C(=O)OCC)CC1.I. The normalized spacial score (nSPS) is 15.0. The van der Waals surface area contributed by atoms with Gasteiger partial charge in [0.1, 0.15) is 0 Å². The fourth-order valence-electron chi connectivity index (χ4n) is 3.05. The summed E-state index contributed by atoms with van der Waals surface area (Å²) in [4.78, 5) is 18.2. The second-order valence-corrected chi connectivity index (χ2v) is 6.45. The minimum absolute atomic E-state index is 0. The maximum atomic E-state index is 11.8. The topological polar surface area (TPSA) is 66.0 Å². The highest BCUT2D eigenvalue weighted by Crippen LogP contribution is 2.11. The summed E-state index contributed by atoms with van der Waals surface area (Å²) in [6, 6.07) is 10.9. The first-order valence-corrected chi connectivity index (χ1v) is 9.73. The molecule has 1 aromatic rings. The Morgan fingerprint density at radius 2 is 1.93 bits per heavy atom. The van der Waals surface area contributed by atoms with E-state index in [2.05, 4.69) is 41.8 Å². The molecule has 0 spiro atoms. The van der Waals surface area contributed by atoms with Crippen molar-refractivity contribution in [2.24, 2.45) is 4.99 Å². The van der Waals surface area contributed by atoms with E-state index in [0.717, 1.165) is 57.8 Å². The molecule has 0 radical (unpaired) electrons. The molecule has 6 nitrogen and oxygen atoms in total. The molecule has 0 aromatic heterocycles. The molecule has 1 aromatic carbocycles. The van der Waals surface area contributed by atoms with Gasteiger partial charge in [0.2, 0.25) is 0 Å². The summed E-state index contributed by atoms with van der Waals surface area (Å²) >= 11 is 0. The van der Waals surface area contributed by atoms with Crippen LogP contribution in [0.1, 0.15) is 38.7 Å². The van der Waals surface area contributed by atoms with Crippen LogP contribution in [-0.4, -0.2) is 55.8 Å². The van der Waals surface area contributed by atoms with E-state index in [-0.39, 0.29) is 30.1 Å². The summed E-state index contributed by atoms with van der Waals surface area (Å²) in [7, 11) is 0. The van der Waals surface area contributed by atoms with Crippen LogP contribution in [0, 0.1) is 0 Å². The van der Waals surface area contributed by atoms with Crippen molar-refractivity contribution in [2.75, 3.05) is 32.8 Å². The predicted octanol–water partition coefficient (Wildman–Crippen LogP) is 3.41. The number of hydrogen-bond acceptors (Lipinski definition) is 3. The molecule has 1 amide bonds. The first-order chi connectivity index (χ1) is 12.7. The average molecular weight is 488 g/mol. The highest BCUT2D eigenvalue weighted by atomic mass is 127. The Morgan fingerprint density at radius 1 is 1.22 bits per heavy atom. The number of amides is 1. The number of aryl methyl sites for hydroxylation is 1. The van der Waals surface area contributed by atoms with Crippen LogP contribution in [0.3, 0.4) is 0 Å². The highest BCUT2D eigenvalue weighted by molar-refractivity contribution is 14.0. The van der Waals surface area contributed by atoms with Gasteiger partial charge in [-0.2, -0.15) is 0 Å². The summed E-state index contributed by atoms with van der Waals surface area (Å²) < 4.78 is 5.07. The van der Waals surface area contributed by atoms with Gasteiger partial charge in [0, 0.05) is 32.2 Å². The van der Waals surface area contributed by atoms with Crippen LogP contribution in [0.5, 0.6) is 0 Å². The molecule has 27 heavy (non-hydrogen) atoms. The third-order valence-corrected chi connectivity index (χ3v) is 4.44. The number of aliphatic imine (C=N–C) groups is 1. The van der Waals surface area contributed by atoms with Crippen molar-refractivity contribution < 1.29 is 9.53 Å². The molecular weight excluding hydrogens is 455 g/mol. The number of rotatable bonds is 7. The summed E-state index contributed by atoms with van der Waals surface area (Å²) in [5.41, 5.74) is 1.35. The fraction of sp³-hybridized carbons (Fsp3) is 0.600. The molecule has 0 aliphatic carbocycles. The maximum absolute atomic E-state index is 11.8. The summed E-state index contributed by atoms with van der Waals surface area (Å²) in [5, 5.41) is 6.82. The van der Waals surface area contributed by atoms with Crippen molar-refractivity contribution in [1.29, 1.82) is 0 Å². The Labute approximate surface area is 180 Å². The Bertz CT molecular complexity index is 560. The van der Waals surface area contributed by atoms with Crippen molar-refractivity contribution in [2.45, 2.75) is 45.6 Å². The van der Waals surface area contributed by atoms with E-state index in [4.69, 9.17) is 9.73 Å². The molecule has 1 fully saturated rings. The third-order valence-electron chi connectivity index (χ3n) is 4.44. The van der Waals surface area contributed by atoms with E-state index >= 15 is 0 Å². The molecule has 0 atom stereocenters. The van der Waals surface area contributed by atoms with E-state index in [9.17, 15) is 4.79 Å². The number of halogens is 1. The fourth-order valence-corrected chi connectivity index (χ4v) is 3.05. The van der Waals surface area contributed by atoms with Gasteiger partial charge in [-0.05, 0) is 45.1 Å². The van der Waals surface area contributed by atoms with Gasteiger partial charge < -0.3 is 20.3 Å². The number of carbonyl (C=O) groups is 1. The minimum Gasteiger partial charge on any atom is -0.450 e. The molecule has 1 saturated heterocycles. The molecule has 1 heterocycles. The smallest absolute Gasteiger partial charge is 0.409 e. The van der Waals surface area contributed by atoms with Crippen molar-refractivity contribution in [3.8, 4) is 0 Å². The zero-order valence-electron chi connectivity index (χ0n) is 16.4. The molecule has 0 unspecified atom stereocenters. The van der Waals surface area contributed by atoms with Crippen LogP contribution in [0.2, 0.25) is 0 Å². The number of piperidine rings is 1. The van der Waals surface area contributed by atoms with Gasteiger partial charge in [-0.1, -0.05) is 30.3 Å². The van der Waals surface area contributed by atoms with E-state index < -0.39 is 0 Å². The zero-order chi connectivity index (χ0) is 18.6. The van der Waals surface area contributed by atoms with Crippen LogP contribution < -0.4 is 10.6 Å². The molecule has 1 aliphatic rings. The van der Waals surface area contributed by atoms with Crippen LogP contribution >= 0.6 is 24.0 Å². The van der Waals surface area contributed by atoms with E-state index in [0.29, 0.717) is 12.6 Å². The van der Waals surface area contributed by atoms with E-state index in [1.807, 2.05) is 13.0 Å². The van der Waals surface area contributed by atoms with Gasteiger partial charge in [0.15, 0.2) is 5.96 Å². The number of ether oxygens (including phenoxy) is 1. The molecule has 0 saturated carbocycles. The molecule has 7 heteroatoms. The van der Waals surface area contributed by atoms with Gasteiger partial charge in [0.05, 0.1) is 6.61 Å². The molecule has 2 rings (SSSR count). The number of carbonyl (C=O) groups excluding carboxylic acids is 1. The molecular formula is C20H33IN4O2. The van der Waals surface area contributed by atoms with Crippen LogP contribution in [-0.2, 0) is 11.2 Å². The summed E-state index contributed by atoms with van der Waals surface area (Å²) in [6.45, 7) is 7.43. The molecule has 2 N–H and O–H groups in total. The van der Waals surface area contributed by atoms with E-state index in [1.165, 1.54) is 5.56 Å². The van der Waals surface area contributed by atoms with Crippen LogP contribution in [0.25, 0.3) is 0 Å². The average Bonchev–Trinajstić information content (AvgIpc) is 2.67. The first-order valence-electron chi connectivity index (χ1n) is 9.73. The number of nitrogens with zero attached hydrogens (tertiary/aromatic N) is 2. The van der Waals surface area contributed by atoms with Gasteiger partial charge in [-0.25, -0.2) is 4.79 Å². The predicted molar refractivity (Wildman–Crippen MR) is 121 cm³/mol. The van der Waals surface area contributed by atoms with Crippen molar-refractivity contribution >= 4 is 36.0 Å². The minimum atomic E-state index is -0.201. The van der Waals surface area contributed by atoms with Gasteiger partial charge in [0.25, 0.3) is 0 Å². The number of guanidine groups is 1. The lowest BCUT2D eigenvalue weighted by Gasteiger charge is -2.32. The maximum Gasteiger partial charge on any atom is 0.409 e. The Morgan fingerprint density at radius 3 is 2.56 bits per heavy atom. The second kappa shape index (κ2) is 13.6. The number of nitrogens with one attached hydrogen (secondary N) is 2. The lowest BCUT2D eigenvalue weighted by Crippen LogP contribution is -2.49. The lowest BCUT2D eigenvalue weighted by atomic mass is 10.1. The molecule has 152 valence electrons. The van der Waals surface area contributed by atoms with Crippen LogP contribution in [0.15, 0.2) is 35.3 Å². The lowest BCUT2D eigenvalue weighted by molar-refractivity contribution is 0.0963. The number of likely N-dealkylation sites (tertiary alicyclic amines) is 1. The Balaban J connectivity index is 0.00000364. The van der Waals surface area contributed by atoms with Crippen molar-refractivity contribution in [3.05, 3.63) is 35.9 Å². The quantitative estimate of drug-likeness (QED) is 0.267. The Hall–Kier alpha value is -1.51. The number of hydrogen-bond donors (Lipinski definition) is 2. The zero-order valence-corrected chi connectivity index (χ0v) is 18.8. The van der Waals surface area contributed by atoms with E-state index in [1.54, 1.807) is 4.90 Å². The molecule has 1 aliphatic heterocycles. The third kappa shape index (κ3) is 8.81. The largest absolute Gasteiger partial charge is 0.450 e. The molecule has 0 bridgehead atoms. The standard InChI is InChI=1S/C20H32N4O2.HI/c1-3-21-19(22-14-8-11-17-9-6-5-7-10-17)23-18-12-15-24(16-13-18)20(25)26-4-2;/h5-7,9-10,18H,3-4,8,11-16H2,1-2H3,(H2,21,22,23);1H. The highest BCUT2D eigenvalue weighted by Gasteiger charge is 2.23. The first kappa shape index (κ1) is 23.5. The van der Waals surface area contributed by atoms with Crippen molar-refractivity contribution in [1.82, 2.24) is 15.5 Å². The van der Waals surface area contributed by atoms with Crippen LogP contribution in [0.4, 0.5) is 4.79 Å². The van der Waals surface area contributed by atoms with Gasteiger partial charge in [-0.3, -0.25) is 4.99 Å². The second-order valence-electron chi connectivity index (χ2n) is 6.45. The summed E-state index contributed by atoms with van der Waals surface area (Å²) in [6.07, 6.45) is 3.69. The van der Waals surface area contributed by atoms with Crippen molar-refractivity contribution in [3.63, 3.8) is 0 Å². The summed E-state index contributed by atoms with van der Waals surface area (Å²) in [5.74, 6) is 0.871. The number of benzene rings is 1. The monoisotopic (exact) mass is 488 g/mol.